The standard InChI is InChI=1S/C10H14O2/c1-3-10(2,12-11)9-7-5-4-6-8-9/h4-8,11H,3H2,1-2H3. The van der Waals surface area contributed by atoms with Gasteiger partial charge < -0.3 is 0 Å². The average Bonchev–Trinajstić information content (AvgIpc) is 2.18. The molecule has 0 fully saturated rings. The van der Waals surface area contributed by atoms with Crippen molar-refractivity contribution in [2.45, 2.75) is 25.9 Å². The van der Waals surface area contributed by atoms with Gasteiger partial charge in [0.15, 0.2) is 0 Å². The molecule has 1 atom stereocenters. The second kappa shape index (κ2) is 3.70. The van der Waals surface area contributed by atoms with Crippen LogP contribution in [-0.2, 0) is 10.5 Å². The molecule has 1 rings (SSSR count). The van der Waals surface area contributed by atoms with Gasteiger partial charge in [-0.3, -0.25) is 5.26 Å². The Hall–Kier alpha value is -0.860. The fourth-order valence-electron chi connectivity index (χ4n) is 1.11. The third-order valence-corrected chi connectivity index (χ3v) is 2.26. The van der Waals surface area contributed by atoms with Gasteiger partial charge in [0, 0.05) is 0 Å². The first kappa shape index (κ1) is 9.23. The molecule has 66 valence electrons. The molecule has 0 spiro atoms. The van der Waals surface area contributed by atoms with E-state index in [1.165, 1.54) is 0 Å². The summed E-state index contributed by atoms with van der Waals surface area (Å²) in [6.45, 7) is 3.84. The lowest BCUT2D eigenvalue weighted by Crippen LogP contribution is -2.23. The highest BCUT2D eigenvalue weighted by molar-refractivity contribution is 5.21. The molecule has 1 N–H and O–H groups in total. The highest BCUT2D eigenvalue weighted by Crippen LogP contribution is 2.27. The van der Waals surface area contributed by atoms with Crippen LogP contribution in [0.5, 0.6) is 0 Å². The molecular formula is C10H14O2. The number of benzene rings is 1. The van der Waals surface area contributed by atoms with Gasteiger partial charge in [-0.05, 0) is 18.9 Å². The number of rotatable bonds is 3. The molecule has 2 nitrogen and oxygen atoms in total. The van der Waals surface area contributed by atoms with Gasteiger partial charge in [-0.1, -0.05) is 37.3 Å². The molecule has 1 aromatic carbocycles. The maximum absolute atomic E-state index is 8.74. The summed E-state index contributed by atoms with van der Waals surface area (Å²) in [6, 6.07) is 9.70. The van der Waals surface area contributed by atoms with Gasteiger partial charge in [0.05, 0.1) is 0 Å². The maximum Gasteiger partial charge on any atom is 0.125 e. The largest absolute Gasteiger partial charge is 0.251 e. The van der Waals surface area contributed by atoms with E-state index in [2.05, 4.69) is 4.89 Å². The van der Waals surface area contributed by atoms with E-state index in [0.717, 1.165) is 12.0 Å². The van der Waals surface area contributed by atoms with Gasteiger partial charge in [-0.25, -0.2) is 4.89 Å². The Morgan fingerprint density at radius 1 is 1.33 bits per heavy atom. The van der Waals surface area contributed by atoms with Crippen molar-refractivity contribution >= 4 is 0 Å². The molecule has 0 amide bonds. The Balaban J connectivity index is 2.95. The minimum atomic E-state index is -0.568. The summed E-state index contributed by atoms with van der Waals surface area (Å²) >= 11 is 0. The normalized spacial score (nSPS) is 15.6. The van der Waals surface area contributed by atoms with Gasteiger partial charge >= 0.3 is 0 Å². The van der Waals surface area contributed by atoms with Crippen LogP contribution in [0.15, 0.2) is 30.3 Å². The second-order valence-corrected chi connectivity index (χ2v) is 3.04. The zero-order valence-corrected chi connectivity index (χ0v) is 7.45. The molecular weight excluding hydrogens is 152 g/mol. The predicted octanol–water partition coefficient (Wildman–Crippen LogP) is 2.80. The van der Waals surface area contributed by atoms with E-state index in [0.29, 0.717) is 0 Å². The van der Waals surface area contributed by atoms with Crippen LogP contribution in [0.3, 0.4) is 0 Å². The summed E-state index contributed by atoms with van der Waals surface area (Å²) < 4.78 is 0. The van der Waals surface area contributed by atoms with Crippen LogP contribution in [0, 0.1) is 0 Å². The topological polar surface area (TPSA) is 29.5 Å². The van der Waals surface area contributed by atoms with Crippen LogP contribution in [0.1, 0.15) is 25.8 Å². The molecule has 1 aromatic rings. The summed E-state index contributed by atoms with van der Waals surface area (Å²) in [4.78, 5) is 4.47. The van der Waals surface area contributed by atoms with E-state index in [1.54, 1.807) is 0 Å². The fraction of sp³-hybridized carbons (Fsp3) is 0.400. The first-order chi connectivity index (χ1) is 5.73. The molecule has 0 aliphatic rings. The zero-order valence-electron chi connectivity index (χ0n) is 7.45. The minimum absolute atomic E-state index is 0.568. The van der Waals surface area contributed by atoms with Crippen molar-refractivity contribution in [2.75, 3.05) is 0 Å². The van der Waals surface area contributed by atoms with Gasteiger partial charge in [0.2, 0.25) is 0 Å². The first-order valence-corrected chi connectivity index (χ1v) is 4.11. The quantitative estimate of drug-likeness (QED) is 0.552. The predicted molar refractivity (Wildman–Crippen MR) is 47.8 cm³/mol. The van der Waals surface area contributed by atoms with Crippen molar-refractivity contribution in [1.82, 2.24) is 0 Å². The van der Waals surface area contributed by atoms with E-state index in [4.69, 9.17) is 5.26 Å². The molecule has 0 saturated heterocycles. The molecule has 12 heavy (non-hydrogen) atoms. The Kier molecular flexibility index (Phi) is 2.84. The average molecular weight is 166 g/mol. The summed E-state index contributed by atoms with van der Waals surface area (Å²) in [5.74, 6) is 0. The van der Waals surface area contributed by atoms with Gasteiger partial charge in [-0.2, -0.15) is 0 Å². The lowest BCUT2D eigenvalue weighted by molar-refractivity contribution is -0.324. The monoisotopic (exact) mass is 166 g/mol. The highest BCUT2D eigenvalue weighted by Gasteiger charge is 2.25. The second-order valence-electron chi connectivity index (χ2n) is 3.04. The van der Waals surface area contributed by atoms with Crippen molar-refractivity contribution in [3.05, 3.63) is 35.9 Å². The Bertz CT molecular complexity index is 227. The molecule has 1 unspecified atom stereocenters. The lowest BCUT2D eigenvalue weighted by atomic mass is 9.94. The van der Waals surface area contributed by atoms with E-state index in [9.17, 15) is 0 Å². The van der Waals surface area contributed by atoms with Gasteiger partial charge in [0.1, 0.15) is 5.60 Å². The van der Waals surface area contributed by atoms with Crippen LogP contribution in [0.25, 0.3) is 0 Å². The third-order valence-electron chi connectivity index (χ3n) is 2.26. The molecule has 0 aromatic heterocycles. The Morgan fingerprint density at radius 3 is 2.33 bits per heavy atom. The van der Waals surface area contributed by atoms with E-state index in [-0.39, 0.29) is 0 Å². The molecule has 0 radical (unpaired) electrons. The summed E-state index contributed by atoms with van der Waals surface area (Å²) in [6.07, 6.45) is 0.744. The lowest BCUT2D eigenvalue weighted by Gasteiger charge is -2.24. The fourth-order valence-corrected chi connectivity index (χ4v) is 1.11. The van der Waals surface area contributed by atoms with Crippen molar-refractivity contribution in [1.29, 1.82) is 0 Å². The van der Waals surface area contributed by atoms with Crippen LogP contribution >= 0.6 is 0 Å². The number of hydrogen-bond donors (Lipinski definition) is 1. The Morgan fingerprint density at radius 2 is 1.92 bits per heavy atom. The van der Waals surface area contributed by atoms with E-state index < -0.39 is 5.60 Å². The van der Waals surface area contributed by atoms with Crippen LogP contribution < -0.4 is 0 Å². The minimum Gasteiger partial charge on any atom is -0.251 e. The zero-order chi connectivity index (χ0) is 9.03. The van der Waals surface area contributed by atoms with E-state index in [1.807, 2.05) is 44.2 Å². The van der Waals surface area contributed by atoms with Crippen molar-refractivity contribution in [3.63, 3.8) is 0 Å². The summed E-state index contributed by atoms with van der Waals surface area (Å²) in [5, 5.41) is 8.74. The van der Waals surface area contributed by atoms with Crippen molar-refractivity contribution in [2.24, 2.45) is 0 Å². The highest BCUT2D eigenvalue weighted by atomic mass is 17.1. The van der Waals surface area contributed by atoms with Crippen molar-refractivity contribution in [3.8, 4) is 0 Å². The van der Waals surface area contributed by atoms with Crippen molar-refractivity contribution < 1.29 is 10.1 Å². The molecule has 0 bridgehead atoms. The summed E-state index contributed by atoms with van der Waals surface area (Å²) in [7, 11) is 0. The Labute approximate surface area is 72.7 Å². The first-order valence-electron chi connectivity index (χ1n) is 4.11. The number of hydrogen-bond acceptors (Lipinski definition) is 2. The van der Waals surface area contributed by atoms with E-state index >= 15 is 0 Å². The molecule has 0 aliphatic carbocycles. The molecule has 2 heteroatoms. The maximum atomic E-state index is 8.74. The van der Waals surface area contributed by atoms with Crippen LogP contribution in [-0.4, -0.2) is 5.26 Å². The van der Waals surface area contributed by atoms with Crippen LogP contribution in [0.4, 0.5) is 0 Å². The van der Waals surface area contributed by atoms with Gasteiger partial charge in [-0.15, -0.1) is 0 Å². The van der Waals surface area contributed by atoms with Crippen LogP contribution in [0.2, 0.25) is 0 Å². The molecule has 0 aliphatic heterocycles. The molecule has 0 heterocycles. The van der Waals surface area contributed by atoms with Gasteiger partial charge in [0.25, 0.3) is 0 Å². The SMILES string of the molecule is CCC(C)(OO)c1ccccc1. The summed E-state index contributed by atoms with van der Waals surface area (Å²) in [5.41, 5.74) is 0.427. The molecule has 0 saturated carbocycles. The third kappa shape index (κ3) is 1.65. The smallest absolute Gasteiger partial charge is 0.125 e.